The highest BCUT2D eigenvalue weighted by Crippen LogP contribution is 2.47. The maximum absolute atomic E-state index is 10.8. The summed E-state index contributed by atoms with van der Waals surface area (Å²) in [5.74, 6) is 1.25. The minimum Gasteiger partial charge on any atom is -0.507 e. The van der Waals surface area contributed by atoms with E-state index in [1.54, 1.807) is 19.2 Å². The van der Waals surface area contributed by atoms with Crippen LogP contribution in [0.25, 0.3) is 21.5 Å². The smallest absolute Gasteiger partial charge is 0.202 e. The zero-order chi connectivity index (χ0) is 16.8. The Labute approximate surface area is 140 Å². The number of hydrogen-bond donors (Lipinski definition) is 2. The van der Waals surface area contributed by atoms with Crippen LogP contribution in [-0.4, -0.2) is 23.6 Å². The van der Waals surface area contributed by atoms with Gasteiger partial charge in [0, 0.05) is 29.2 Å². The van der Waals surface area contributed by atoms with Crippen LogP contribution in [0.15, 0.2) is 36.4 Å². The molecule has 4 nitrogen and oxygen atoms in total. The van der Waals surface area contributed by atoms with Crippen LogP contribution < -0.4 is 4.74 Å². The van der Waals surface area contributed by atoms with Crippen molar-refractivity contribution in [3.63, 3.8) is 0 Å². The molecule has 2 N–H and O–H groups in total. The topological polar surface area (TPSA) is 58.9 Å². The number of methoxy groups -OCH3 is 1. The van der Waals surface area contributed by atoms with Crippen molar-refractivity contribution in [2.75, 3.05) is 7.11 Å². The average molecular weight is 324 g/mol. The van der Waals surface area contributed by atoms with E-state index in [-0.39, 0.29) is 17.8 Å². The van der Waals surface area contributed by atoms with Gasteiger partial charge >= 0.3 is 0 Å². The highest BCUT2D eigenvalue weighted by molar-refractivity contribution is 6.12. The molecule has 1 fully saturated rings. The molecule has 1 unspecified atom stereocenters. The van der Waals surface area contributed by atoms with Crippen LogP contribution in [0.4, 0.5) is 0 Å². The first kappa shape index (κ1) is 15.1. The lowest BCUT2D eigenvalue weighted by Gasteiger charge is -2.21. The average Bonchev–Trinajstić information content (AvgIpc) is 3.43. The highest BCUT2D eigenvalue weighted by Gasteiger charge is 2.34. The van der Waals surface area contributed by atoms with E-state index in [9.17, 15) is 10.2 Å². The van der Waals surface area contributed by atoms with Crippen molar-refractivity contribution in [1.29, 1.82) is 0 Å². The molecule has 4 rings (SSSR count). The predicted molar refractivity (Wildman–Crippen MR) is 93.7 cm³/mol. The number of rotatable bonds is 4. The Morgan fingerprint density at radius 1 is 0.958 bits per heavy atom. The maximum atomic E-state index is 10.8. The summed E-state index contributed by atoms with van der Waals surface area (Å²) in [6.07, 6.45) is 1.84. The number of aromatic hydroxyl groups is 2. The van der Waals surface area contributed by atoms with Gasteiger partial charge in [0.15, 0.2) is 0 Å². The zero-order valence-corrected chi connectivity index (χ0v) is 13.7. The summed E-state index contributed by atoms with van der Waals surface area (Å²) in [7, 11) is 1.64. The van der Waals surface area contributed by atoms with E-state index in [0.717, 1.165) is 18.4 Å². The van der Waals surface area contributed by atoms with E-state index < -0.39 is 0 Å². The maximum Gasteiger partial charge on any atom is 0.202 e. The molecule has 0 bridgehead atoms. The molecule has 0 aliphatic heterocycles. The first-order valence-electron chi connectivity index (χ1n) is 8.17. The van der Waals surface area contributed by atoms with Gasteiger partial charge in [-0.3, -0.25) is 0 Å². The van der Waals surface area contributed by atoms with Gasteiger partial charge in [0.05, 0.1) is 5.39 Å². The highest BCUT2D eigenvalue weighted by atomic mass is 16.7. The van der Waals surface area contributed by atoms with Crippen molar-refractivity contribution in [3.05, 3.63) is 42.0 Å². The lowest BCUT2D eigenvalue weighted by Crippen LogP contribution is -2.21. The molecule has 0 spiro atoms. The number of benzene rings is 3. The largest absolute Gasteiger partial charge is 0.507 e. The number of phenols is 2. The van der Waals surface area contributed by atoms with Crippen LogP contribution in [0.5, 0.6) is 17.2 Å². The van der Waals surface area contributed by atoms with Gasteiger partial charge in [-0.05, 0) is 31.4 Å². The lowest BCUT2D eigenvalue weighted by molar-refractivity contribution is -0.0677. The summed E-state index contributed by atoms with van der Waals surface area (Å²) in [6, 6.07) is 11.0. The Balaban J connectivity index is 2.00. The summed E-state index contributed by atoms with van der Waals surface area (Å²) < 4.78 is 11.6. The summed E-state index contributed by atoms with van der Waals surface area (Å²) >= 11 is 0. The number of aryl methyl sites for hydroxylation is 1. The van der Waals surface area contributed by atoms with Crippen LogP contribution >= 0.6 is 0 Å². The fourth-order valence-electron chi connectivity index (χ4n) is 3.27. The predicted octanol–water partition coefficient (Wildman–Crippen LogP) is 4.47. The van der Waals surface area contributed by atoms with Crippen LogP contribution in [0.2, 0.25) is 0 Å². The molecule has 124 valence electrons. The van der Waals surface area contributed by atoms with Crippen molar-refractivity contribution in [2.24, 2.45) is 5.92 Å². The molecule has 3 aromatic carbocycles. The van der Waals surface area contributed by atoms with Crippen LogP contribution in [0, 0.1) is 12.8 Å². The Hall–Kier alpha value is -2.46. The summed E-state index contributed by atoms with van der Waals surface area (Å²) in [5, 5.41) is 23.9. The molecule has 4 heteroatoms. The van der Waals surface area contributed by atoms with Gasteiger partial charge < -0.3 is 19.7 Å². The Bertz CT molecular complexity index is 928. The summed E-state index contributed by atoms with van der Waals surface area (Å²) in [4.78, 5) is 0. The van der Waals surface area contributed by atoms with Gasteiger partial charge in [0.25, 0.3) is 0 Å². The number of fused-ring (bicyclic) bond motifs is 2. The number of ether oxygens (including phenoxy) is 2. The van der Waals surface area contributed by atoms with Crippen molar-refractivity contribution >= 4 is 21.5 Å². The minimum absolute atomic E-state index is 0.128. The molecule has 1 aliphatic carbocycles. The molecule has 0 aromatic heterocycles. The summed E-state index contributed by atoms with van der Waals surface area (Å²) in [6.45, 7) is 1.93. The Morgan fingerprint density at radius 3 is 2.25 bits per heavy atom. The third kappa shape index (κ3) is 2.26. The van der Waals surface area contributed by atoms with Crippen molar-refractivity contribution in [2.45, 2.75) is 26.1 Å². The third-order valence-electron chi connectivity index (χ3n) is 4.76. The molecule has 1 atom stereocenters. The van der Waals surface area contributed by atoms with Gasteiger partial charge in [-0.25, -0.2) is 0 Å². The van der Waals surface area contributed by atoms with Gasteiger partial charge in [0.2, 0.25) is 6.29 Å². The molecular formula is C20H20O4. The quantitative estimate of drug-likeness (QED) is 0.422. The second kappa shape index (κ2) is 5.56. The van der Waals surface area contributed by atoms with E-state index in [2.05, 4.69) is 0 Å². The van der Waals surface area contributed by atoms with Gasteiger partial charge in [-0.1, -0.05) is 30.3 Å². The van der Waals surface area contributed by atoms with E-state index in [1.807, 2.05) is 31.2 Å². The standard InChI is InChI=1S/C20H20O4/c1-11-7-10-15-16(19(11)24-20(23-2)12-8-9-12)18(22)14-6-4-3-5-13(14)17(15)21/h3-7,10,12,20-22H,8-9H2,1-2H3. The zero-order valence-electron chi connectivity index (χ0n) is 13.7. The monoisotopic (exact) mass is 324 g/mol. The van der Waals surface area contributed by atoms with Crippen LogP contribution in [-0.2, 0) is 4.74 Å². The summed E-state index contributed by atoms with van der Waals surface area (Å²) in [5.41, 5.74) is 0.898. The lowest BCUT2D eigenvalue weighted by atomic mass is 9.98. The Kier molecular flexibility index (Phi) is 3.50. The molecule has 3 aromatic rings. The van der Waals surface area contributed by atoms with Gasteiger partial charge in [-0.15, -0.1) is 0 Å². The fourth-order valence-corrected chi connectivity index (χ4v) is 3.27. The van der Waals surface area contributed by atoms with Crippen molar-refractivity contribution < 1.29 is 19.7 Å². The first-order valence-corrected chi connectivity index (χ1v) is 8.17. The van der Waals surface area contributed by atoms with Crippen LogP contribution in [0.3, 0.4) is 0 Å². The number of hydrogen-bond acceptors (Lipinski definition) is 4. The minimum atomic E-state index is -0.331. The van der Waals surface area contributed by atoms with Crippen molar-refractivity contribution in [1.82, 2.24) is 0 Å². The van der Waals surface area contributed by atoms with Gasteiger partial charge in [-0.2, -0.15) is 0 Å². The molecule has 0 radical (unpaired) electrons. The van der Waals surface area contributed by atoms with E-state index in [0.29, 0.717) is 33.2 Å². The number of phenolic OH excluding ortho intramolecular Hbond substituents is 2. The van der Waals surface area contributed by atoms with Crippen LogP contribution in [0.1, 0.15) is 18.4 Å². The molecule has 24 heavy (non-hydrogen) atoms. The SMILES string of the molecule is COC(Oc1c(C)ccc2c(O)c3ccccc3c(O)c12)C1CC1. The van der Waals surface area contributed by atoms with Gasteiger partial charge in [0.1, 0.15) is 17.2 Å². The van der Waals surface area contributed by atoms with E-state index in [1.165, 1.54) is 0 Å². The molecule has 0 saturated heterocycles. The fraction of sp³-hybridized carbons (Fsp3) is 0.300. The van der Waals surface area contributed by atoms with Crippen molar-refractivity contribution in [3.8, 4) is 17.2 Å². The molecule has 0 amide bonds. The molecular weight excluding hydrogens is 304 g/mol. The molecule has 0 heterocycles. The first-order chi connectivity index (χ1) is 11.6. The second-order valence-electron chi connectivity index (χ2n) is 6.44. The molecule has 1 saturated carbocycles. The second-order valence-corrected chi connectivity index (χ2v) is 6.44. The molecule has 1 aliphatic rings. The van der Waals surface area contributed by atoms with E-state index in [4.69, 9.17) is 9.47 Å². The Morgan fingerprint density at radius 2 is 1.62 bits per heavy atom. The normalized spacial score (nSPS) is 15.8. The van der Waals surface area contributed by atoms with E-state index >= 15 is 0 Å². The third-order valence-corrected chi connectivity index (χ3v) is 4.76.